The Kier molecular flexibility index (Phi) is 6.69. The number of carbonyl (C=O) groups is 3. The Morgan fingerprint density at radius 1 is 0.973 bits per heavy atom. The molecule has 1 fully saturated rings. The summed E-state index contributed by atoms with van der Waals surface area (Å²) < 4.78 is 17.3. The maximum atomic E-state index is 13.1. The molecule has 3 amide bonds. The van der Waals surface area contributed by atoms with Crippen LogP contribution in [0.1, 0.15) is 16.4 Å². The van der Waals surface area contributed by atoms with Gasteiger partial charge in [-0.15, -0.1) is 0 Å². The van der Waals surface area contributed by atoms with Crippen molar-refractivity contribution >= 4 is 46.5 Å². The van der Waals surface area contributed by atoms with Gasteiger partial charge in [0, 0.05) is 16.5 Å². The minimum atomic E-state index is -0.733. The molecule has 3 atom stereocenters. The number of thiazole rings is 1. The van der Waals surface area contributed by atoms with E-state index in [2.05, 4.69) is 10.6 Å². The van der Waals surface area contributed by atoms with Crippen LogP contribution in [0.2, 0.25) is 0 Å². The van der Waals surface area contributed by atoms with E-state index in [0.29, 0.717) is 38.4 Å². The Morgan fingerprint density at radius 3 is 2.38 bits per heavy atom. The van der Waals surface area contributed by atoms with Gasteiger partial charge in [-0.2, -0.15) is 0 Å². The van der Waals surface area contributed by atoms with Gasteiger partial charge in [0.2, 0.25) is 17.7 Å². The van der Waals surface area contributed by atoms with Crippen LogP contribution >= 0.6 is 23.1 Å². The molecule has 0 bridgehead atoms. The van der Waals surface area contributed by atoms with Crippen molar-refractivity contribution in [2.24, 2.45) is 5.92 Å². The summed E-state index contributed by atoms with van der Waals surface area (Å²) in [6.07, 6.45) is 0. The molecule has 10 nitrogen and oxygen atoms in total. The van der Waals surface area contributed by atoms with Crippen LogP contribution in [-0.2, 0) is 20.9 Å². The van der Waals surface area contributed by atoms with Gasteiger partial charge in [0.25, 0.3) is 0 Å². The molecule has 0 unspecified atom stereocenters. The van der Waals surface area contributed by atoms with Gasteiger partial charge in [0.05, 0.1) is 32.3 Å². The number of hydrogen-bond donors (Lipinski definition) is 2. The number of rotatable bonds is 7. The van der Waals surface area contributed by atoms with Crippen LogP contribution in [0.15, 0.2) is 52.3 Å². The van der Waals surface area contributed by atoms with Gasteiger partial charge in [0.15, 0.2) is 11.5 Å². The molecule has 2 aromatic carbocycles. The fourth-order valence-corrected chi connectivity index (χ4v) is 7.34. The third-order valence-electron chi connectivity index (χ3n) is 6.33. The second-order valence-electron chi connectivity index (χ2n) is 8.41. The Labute approximate surface area is 219 Å². The van der Waals surface area contributed by atoms with Gasteiger partial charge in [0.1, 0.15) is 17.5 Å². The lowest BCUT2D eigenvalue weighted by Gasteiger charge is -2.31. The number of nitrogens with zero attached hydrogens (tertiary/aromatic N) is 1. The number of benzene rings is 2. The predicted octanol–water partition coefficient (Wildman–Crippen LogP) is 2.45. The van der Waals surface area contributed by atoms with E-state index in [1.54, 1.807) is 49.6 Å². The van der Waals surface area contributed by atoms with E-state index in [1.165, 1.54) is 18.8 Å². The van der Waals surface area contributed by atoms with Crippen LogP contribution in [0.4, 0.5) is 5.69 Å². The number of thioether (sulfide) groups is 1. The summed E-state index contributed by atoms with van der Waals surface area (Å²) in [5.74, 6) is -0.851. The maximum Gasteiger partial charge on any atom is 0.308 e. The third-order valence-corrected chi connectivity index (χ3v) is 8.95. The molecule has 12 heteroatoms. The van der Waals surface area contributed by atoms with Crippen LogP contribution in [0, 0.1) is 5.92 Å². The highest BCUT2D eigenvalue weighted by Gasteiger charge is 2.53. The van der Waals surface area contributed by atoms with E-state index in [1.807, 2.05) is 0 Å². The SMILES string of the molecule is COc1ccc(NC(=O)Cn2c3c(sc2=O)[C@@H](c2ccc(OC)c(OC)c2)[C@H]2C(=O)NC(=O)[C@H]2S3)cc1. The van der Waals surface area contributed by atoms with E-state index < -0.39 is 34.8 Å². The van der Waals surface area contributed by atoms with Gasteiger partial charge in [-0.1, -0.05) is 29.2 Å². The third kappa shape index (κ3) is 4.46. The maximum absolute atomic E-state index is 13.1. The number of methoxy groups -OCH3 is 3. The first kappa shape index (κ1) is 24.9. The summed E-state index contributed by atoms with van der Waals surface area (Å²) in [6.45, 7) is -0.241. The molecule has 2 N–H and O–H groups in total. The molecule has 1 saturated heterocycles. The Hall–Kier alpha value is -3.77. The largest absolute Gasteiger partial charge is 0.497 e. The van der Waals surface area contributed by atoms with Gasteiger partial charge >= 0.3 is 4.87 Å². The zero-order chi connectivity index (χ0) is 26.3. The average molecular weight is 542 g/mol. The second kappa shape index (κ2) is 9.94. The van der Waals surface area contributed by atoms with E-state index in [4.69, 9.17) is 14.2 Å². The highest BCUT2D eigenvalue weighted by Crippen LogP contribution is 2.52. The van der Waals surface area contributed by atoms with Crippen molar-refractivity contribution in [3.8, 4) is 17.2 Å². The van der Waals surface area contributed by atoms with Crippen LogP contribution in [0.3, 0.4) is 0 Å². The van der Waals surface area contributed by atoms with Gasteiger partial charge in [-0.3, -0.25) is 29.1 Å². The first-order valence-corrected chi connectivity index (χ1v) is 12.9. The molecular weight excluding hydrogens is 518 g/mol. The summed E-state index contributed by atoms with van der Waals surface area (Å²) in [7, 11) is 4.58. The number of nitrogens with one attached hydrogen (secondary N) is 2. The van der Waals surface area contributed by atoms with Gasteiger partial charge in [-0.05, 0) is 42.0 Å². The first-order valence-electron chi connectivity index (χ1n) is 11.2. The van der Waals surface area contributed by atoms with Gasteiger partial charge < -0.3 is 19.5 Å². The molecular formula is C25H23N3O7S2. The Balaban J connectivity index is 1.52. The molecule has 3 aromatic rings. The van der Waals surface area contributed by atoms with Crippen molar-refractivity contribution in [2.75, 3.05) is 26.6 Å². The zero-order valence-electron chi connectivity index (χ0n) is 20.1. The number of aromatic nitrogens is 1. The quantitative estimate of drug-likeness (QED) is 0.437. The molecule has 37 heavy (non-hydrogen) atoms. The number of amides is 3. The number of carbonyl (C=O) groups excluding carboxylic acids is 3. The van der Waals surface area contributed by atoms with Crippen molar-refractivity contribution < 1.29 is 28.6 Å². The van der Waals surface area contributed by atoms with Crippen molar-refractivity contribution in [1.29, 1.82) is 0 Å². The normalized spacial score (nSPS) is 20.0. The summed E-state index contributed by atoms with van der Waals surface area (Å²) in [4.78, 5) is 51.8. The van der Waals surface area contributed by atoms with Crippen LogP contribution in [0.25, 0.3) is 0 Å². The molecule has 3 heterocycles. The minimum absolute atomic E-state index is 0.241. The monoisotopic (exact) mass is 541 g/mol. The predicted molar refractivity (Wildman–Crippen MR) is 138 cm³/mol. The summed E-state index contributed by atoms with van der Waals surface area (Å²) in [5.41, 5.74) is 1.26. The topological polar surface area (TPSA) is 125 Å². The van der Waals surface area contributed by atoms with Crippen LogP contribution in [0.5, 0.6) is 17.2 Å². The van der Waals surface area contributed by atoms with E-state index in [-0.39, 0.29) is 11.4 Å². The minimum Gasteiger partial charge on any atom is -0.497 e. The van der Waals surface area contributed by atoms with Gasteiger partial charge in [-0.25, -0.2) is 0 Å². The van der Waals surface area contributed by atoms with Crippen molar-refractivity contribution in [3.05, 3.63) is 62.6 Å². The lowest BCUT2D eigenvalue weighted by atomic mass is 9.83. The molecule has 2 aliphatic rings. The molecule has 0 spiro atoms. The molecule has 1 aromatic heterocycles. The van der Waals surface area contributed by atoms with Crippen molar-refractivity contribution in [3.63, 3.8) is 0 Å². The summed E-state index contributed by atoms with van der Waals surface area (Å²) >= 11 is 2.12. The van der Waals surface area contributed by atoms with Crippen LogP contribution < -0.4 is 29.7 Å². The number of fused-ring (bicyclic) bond motifs is 2. The fourth-order valence-electron chi connectivity index (χ4n) is 4.60. The van der Waals surface area contributed by atoms with Crippen molar-refractivity contribution in [1.82, 2.24) is 9.88 Å². The molecule has 0 saturated carbocycles. The molecule has 0 radical (unpaired) electrons. The van der Waals surface area contributed by atoms with Crippen LogP contribution in [-0.4, -0.2) is 48.9 Å². The lowest BCUT2D eigenvalue weighted by Crippen LogP contribution is -2.32. The molecule has 192 valence electrons. The smallest absolute Gasteiger partial charge is 0.308 e. The fraction of sp³-hybridized carbons (Fsp3) is 0.280. The number of hydrogen-bond acceptors (Lipinski definition) is 9. The zero-order valence-corrected chi connectivity index (χ0v) is 21.7. The molecule has 0 aliphatic carbocycles. The number of ether oxygens (including phenoxy) is 3. The summed E-state index contributed by atoms with van der Waals surface area (Å²) in [6, 6.07) is 12.1. The lowest BCUT2D eigenvalue weighted by molar-refractivity contribution is -0.126. The number of anilines is 1. The standard InChI is InChI=1S/C25H23N3O7S2/c1-33-14-7-5-13(6-8-14)26-17(29)11-28-24-21(37-25(28)32)18(19-20(36-24)23(31)27-22(19)30)12-4-9-15(34-2)16(10-12)35-3/h4-10,18-20H,11H2,1-3H3,(H,26,29)(H,27,30,31)/t18-,19+,20-/m0/s1. The Bertz CT molecular complexity index is 1450. The van der Waals surface area contributed by atoms with E-state index >= 15 is 0 Å². The second-order valence-corrected chi connectivity index (χ2v) is 10.5. The first-order chi connectivity index (χ1) is 17.8. The van der Waals surface area contributed by atoms with E-state index in [0.717, 1.165) is 23.1 Å². The van der Waals surface area contributed by atoms with E-state index in [9.17, 15) is 19.2 Å². The molecule has 5 rings (SSSR count). The molecule has 2 aliphatic heterocycles. The number of imide groups is 1. The average Bonchev–Trinajstić information content (AvgIpc) is 3.36. The Morgan fingerprint density at radius 2 is 1.70 bits per heavy atom. The highest BCUT2D eigenvalue weighted by molar-refractivity contribution is 8.00. The highest BCUT2D eigenvalue weighted by atomic mass is 32.2. The summed E-state index contributed by atoms with van der Waals surface area (Å²) in [5, 5.41) is 4.97. The van der Waals surface area contributed by atoms with Crippen molar-refractivity contribution in [2.45, 2.75) is 22.7 Å².